The van der Waals surface area contributed by atoms with E-state index in [2.05, 4.69) is 10.3 Å². The lowest BCUT2D eigenvalue weighted by atomic mass is 10.1. The minimum Gasteiger partial charge on any atom is -0.478 e. The van der Waals surface area contributed by atoms with Crippen molar-refractivity contribution in [2.24, 2.45) is 0 Å². The molecule has 0 atom stereocenters. The smallest absolute Gasteiger partial charge is 0.339 e. The zero-order valence-corrected chi connectivity index (χ0v) is 9.89. The minimum absolute atomic E-state index is 0.0857. The number of anilines is 1. The number of aromatic nitrogens is 1. The van der Waals surface area contributed by atoms with Crippen LogP contribution in [-0.2, 0) is 12.8 Å². The summed E-state index contributed by atoms with van der Waals surface area (Å²) in [7, 11) is 0. The molecule has 0 aliphatic heterocycles. The first kappa shape index (κ1) is 12.8. The molecule has 1 aliphatic rings. The van der Waals surface area contributed by atoms with Crippen LogP contribution in [0.2, 0.25) is 0 Å². The van der Waals surface area contributed by atoms with Gasteiger partial charge in [0.1, 0.15) is 11.4 Å². The van der Waals surface area contributed by atoms with Gasteiger partial charge in [0, 0.05) is 5.69 Å². The van der Waals surface area contributed by atoms with Gasteiger partial charge in [-0.2, -0.15) is 0 Å². The normalized spacial score (nSPS) is 13.7. The Morgan fingerprint density at radius 3 is 2.72 bits per heavy atom. The number of aryl methyl sites for hydroxylation is 2. The number of pyridine rings is 1. The Bertz CT molecular complexity index is 458. The van der Waals surface area contributed by atoms with Gasteiger partial charge >= 0.3 is 5.97 Å². The van der Waals surface area contributed by atoms with Gasteiger partial charge in [-0.25, -0.2) is 9.78 Å². The highest BCUT2D eigenvalue weighted by molar-refractivity contribution is 5.93. The Morgan fingerprint density at radius 1 is 1.39 bits per heavy atom. The predicted molar refractivity (Wildman–Crippen MR) is 64.8 cm³/mol. The van der Waals surface area contributed by atoms with E-state index in [1.807, 2.05) is 0 Å². The van der Waals surface area contributed by atoms with Crippen LogP contribution < -0.4 is 5.32 Å². The summed E-state index contributed by atoms with van der Waals surface area (Å²) in [4.78, 5) is 15.5. The summed E-state index contributed by atoms with van der Waals surface area (Å²) in [5, 5.41) is 29.9. The standard InChI is InChI=1S/C12H16N2O4/c15-5-8(6-16)13-11-9(12(17)18)4-7-2-1-3-10(7)14-11/h4,8,15-16H,1-3,5-6H2,(H,13,14)(H,17,18). The number of aliphatic hydroxyl groups excluding tert-OH is 2. The van der Waals surface area contributed by atoms with Crippen LogP contribution in [0, 0.1) is 0 Å². The molecule has 6 heteroatoms. The minimum atomic E-state index is -1.06. The average molecular weight is 252 g/mol. The maximum atomic E-state index is 11.2. The van der Waals surface area contributed by atoms with Crippen molar-refractivity contribution in [2.45, 2.75) is 25.3 Å². The summed E-state index contributed by atoms with van der Waals surface area (Å²) in [5.41, 5.74) is 1.96. The quantitative estimate of drug-likeness (QED) is 0.590. The fourth-order valence-corrected chi connectivity index (χ4v) is 2.09. The molecule has 2 rings (SSSR count). The van der Waals surface area contributed by atoms with Crippen LogP contribution >= 0.6 is 0 Å². The lowest BCUT2D eigenvalue weighted by molar-refractivity contribution is 0.0697. The number of carbonyl (C=O) groups is 1. The summed E-state index contributed by atoms with van der Waals surface area (Å²) in [5.74, 6) is -0.842. The van der Waals surface area contributed by atoms with E-state index in [1.165, 1.54) is 0 Å². The zero-order chi connectivity index (χ0) is 13.1. The third-order valence-electron chi connectivity index (χ3n) is 3.06. The lowest BCUT2D eigenvalue weighted by Crippen LogP contribution is -2.29. The second kappa shape index (κ2) is 5.32. The molecule has 1 aliphatic carbocycles. The highest BCUT2D eigenvalue weighted by Gasteiger charge is 2.21. The molecular formula is C12H16N2O4. The third kappa shape index (κ3) is 2.44. The number of aromatic carboxylic acids is 1. The van der Waals surface area contributed by atoms with E-state index >= 15 is 0 Å². The molecule has 0 spiro atoms. The van der Waals surface area contributed by atoms with Crippen LogP contribution in [0.1, 0.15) is 28.0 Å². The molecule has 98 valence electrons. The maximum absolute atomic E-state index is 11.2. The molecule has 0 radical (unpaired) electrons. The van der Waals surface area contributed by atoms with Crippen molar-refractivity contribution in [3.05, 3.63) is 22.9 Å². The van der Waals surface area contributed by atoms with Crippen molar-refractivity contribution < 1.29 is 20.1 Å². The van der Waals surface area contributed by atoms with Crippen LogP contribution in [0.5, 0.6) is 0 Å². The Hall–Kier alpha value is -1.66. The van der Waals surface area contributed by atoms with Crippen molar-refractivity contribution in [3.63, 3.8) is 0 Å². The summed E-state index contributed by atoms with van der Waals surface area (Å²) in [6.45, 7) is -0.567. The summed E-state index contributed by atoms with van der Waals surface area (Å²) >= 11 is 0. The fourth-order valence-electron chi connectivity index (χ4n) is 2.09. The van der Waals surface area contributed by atoms with Crippen LogP contribution in [0.3, 0.4) is 0 Å². The Labute approximate surface area is 104 Å². The summed E-state index contributed by atoms with van der Waals surface area (Å²) in [6.07, 6.45) is 2.67. The monoisotopic (exact) mass is 252 g/mol. The number of carboxylic acid groups (broad SMARTS) is 1. The fraction of sp³-hybridized carbons (Fsp3) is 0.500. The zero-order valence-electron chi connectivity index (χ0n) is 9.89. The van der Waals surface area contributed by atoms with Crippen molar-refractivity contribution in [3.8, 4) is 0 Å². The first-order chi connectivity index (χ1) is 8.65. The molecule has 0 fully saturated rings. The van der Waals surface area contributed by atoms with Crippen molar-refractivity contribution in [1.29, 1.82) is 0 Å². The first-order valence-electron chi connectivity index (χ1n) is 5.90. The van der Waals surface area contributed by atoms with E-state index in [0.717, 1.165) is 30.5 Å². The molecule has 6 nitrogen and oxygen atoms in total. The number of hydrogen-bond donors (Lipinski definition) is 4. The SMILES string of the molecule is O=C(O)c1cc2c(nc1NC(CO)CO)CCC2. The van der Waals surface area contributed by atoms with E-state index in [4.69, 9.17) is 15.3 Å². The molecule has 0 saturated carbocycles. The average Bonchev–Trinajstić information content (AvgIpc) is 2.81. The van der Waals surface area contributed by atoms with E-state index in [9.17, 15) is 4.79 Å². The number of nitrogens with one attached hydrogen (secondary N) is 1. The number of fused-ring (bicyclic) bond motifs is 1. The van der Waals surface area contributed by atoms with Crippen molar-refractivity contribution >= 4 is 11.8 Å². The summed E-state index contributed by atoms with van der Waals surface area (Å²) in [6, 6.07) is 1.03. The number of aliphatic hydroxyl groups is 2. The maximum Gasteiger partial charge on any atom is 0.339 e. The number of hydrogen-bond acceptors (Lipinski definition) is 5. The molecular weight excluding hydrogens is 236 g/mol. The molecule has 0 bridgehead atoms. The van der Waals surface area contributed by atoms with Crippen LogP contribution in [0.4, 0.5) is 5.82 Å². The summed E-state index contributed by atoms with van der Waals surface area (Å²) < 4.78 is 0. The van der Waals surface area contributed by atoms with Crippen LogP contribution in [0.25, 0.3) is 0 Å². The van der Waals surface area contributed by atoms with Gasteiger partial charge in [-0.1, -0.05) is 0 Å². The topological polar surface area (TPSA) is 103 Å². The van der Waals surface area contributed by atoms with Gasteiger partial charge in [0.2, 0.25) is 0 Å². The molecule has 0 aromatic carbocycles. The highest BCUT2D eigenvalue weighted by atomic mass is 16.4. The molecule has 1 aromatic rings. The Balaban J connectivity index is 2.35. The van der Waals surface area contributed by atoms with Crippen molar-refractivity contribution in [2.75, 3.05) is 18.5 Å². The van der Waals surface area contributed by atoms with E-state index in [0.29, 0.717) is 0 Å². The van der Waals surface area contributed by atoms with Crippen LogP contribution in [-0.4, -0.2) is 45.5 Å². The van der Waals surface area contributed by atoms with Gasteiger partial charge in [-0.3, -0.25) is 0 Å². The van der Waals surface area contributed by atoms with Crippen molar-refractivity contribution in [1.82, 2.24) is 4.98 Å². The van der Waals surface area contributed by atoms with E-state index in [-0.39, 0.29) is 24.6 Å². The van der Waals surface area contributed by atoms with Gasteiger partial charge in [-0.05, 0) is 30.9 Å². The molecule has 0 saturated heterocycles. The first-order valence-corrected chi connectivity index (χ1v) is 5.90. The van der Waals surface area contributed by atoms with Crippen LogP contribution in [0.15, 0.2) is 6.07 Å². The molecule has 1 aromatic heterocycles. The predicted octanol–water partition coefficient (Wildman–Crippen LogP) is 0.0336. The Morgan fingerprint density at radius 2 is 2.11 bits per heavy atom. The largest absolute Gasteiger partial charge is 0.478 e. The van der Waals surface area contributed by atoms with Gasteiger partial charge in [0.25, 0.3) is 0 Å². The number of carboxylic acids is 1. The highest BCUT2D eigenvalue weighted by Crippen LogP contribution is 2.25. The van der Waals surface area contributed by atoms with Gasteiger partial charge in [0.15, 0.2) is 0 Å². The van der Waals surface area contributed by atoms with E-state index in [1.54, 1.807) is 6.07 Å². The molecule has 4 N–H and O–H groups in total. The third-order valence-corrected chi connectivity index (χ3v) is 3.06. The van der Waals surface area contributed by atoms with Gasteiger partial charge in [0.05, 0.1) is 19.3 Å². The second-order valence-corrected chi connectivity index (χ2v) is 4.36. The number of rotatable bonds is 5. The molecule has 18 heavy (non-hydrogen) atoms. The van der Waals surface area contributed by atoms with E-state index < -0.39 is 12.0 Å². The molecule has 1 heterocycles. The van der Waals surface area contributed by atoms with Gasteiger partial charge in [-0.15, -0.1) is 0 Å². The number of nitrogens with zero attached hydrogens (tertiary/aromatic N) is 1. The Kier molecular flexibility index (Phi) is 3.78. The molecule has 0 unspecified atom stereocenters. The molecule has 0 amide bonds. The second-order valence-electron chi connectivity index (χ2n) is 4.36. The lowest BCUT2D eigenvalue weighted by Gasteiger charge is -2.16. The van der Waals surface area contributed by atoms with Gasteiger partial charge < -0.3 is 20.6 Å².